The Kier molecular flexibility index (Phi) is 6.19. The van der Waals surface area contributed by atoms with Crippen LogP contribution in [-0.4, -0.2) is 43.8 Å². The SMILES string of the molecule is CC(C)C(CNCc1ccc(C#N)cc1)N1CCOCC1. The van der Waals surface area contributed by atoms with Gasteiger partial charge in [-0.05, 0) is 23.6 Å². The molecule has 0 saturated carbocycles. The Morgan fingerprint density at radius 3 is 2.48 bits per heavy atom. The van der Waals surface area contributed by atoms with Gasteiger partial charge in [-0.1, -0.05) is 26.0 Å². The summed E-state index contributed by atoms with van der Waals surface area (Å²) < 4.78 is 5.44. The second kappa shape index (κ2) is 8.14. The Morgan fingerprint density at radius 1 is 1.24 bits per heavy atom. The summed E-state index contributed by atoms with van der Waals surface area (Å²) in [5.74, 6) is 0.622. The number of nitriles is 1. The normalized spacial score (nSPS) is 17.6. The Balaban J connectivity index is 1.82. The minimum absolute atomic E-state index is 0.548. The molecule has 0 aromatic heterocycles. The van der Waals surface area contributed by atoms with E-state index >= 15 is 0 Å². The largest absolute Gasteiger partial charge is 0.379 e. The predicted octanol–water partition coefficient (Wildman–Crippen LogP) is 2.00. The molecule has 0 bridgehead atoms. The molecule has 1 aromatic carbocycles. The van der Waals surface area contributed by atoms with Gasteiger partial charge in [0.1, 0.15) is 0 Å². The molecule has 114 valence electrons. The van der Waals surface area contributed by atoms with E-state index in [0.717, 1.165) is 39.4 Å². The van der Waals surface area contributed by atoms with Gasteiger partial charge >= 0.3 is 0 Å². The third-order valence-corrected chi connectivity index (χ3v) is 4.05. The highest BCUT2D eigenvalue weighted by atomic mass is 16.5. The monoisotopic (exact) mass is 287 g/mol. The van der Waals surface area contributed by atoms with E-state index in [9.17, 15) is 0 Å². The van der Waals surface area contributed by atoms with E-state index in [1.54, 1.807) is 0 Å². The van der Waals surface area contributed by atoms with Crippen molar-refractivity contribution in [1.82, 2.24) is 10.2 Å². The Bertz CT molecular complexity index is 458. The van der Waals surface area contributed by atoms with Crippen LogP contribution in [0.1, 0.15) is 25.0 Å². The lowest BCUT2D eigenvalue weighted by atomic mass is 10.0. The van der Waals surface area contributed by atoms with Gasteiger partial charge in [-0.2, -0.15) is 5.26 Å². The lowest BCUT2D eigenvalue weighted by Crippen LogP contribution is -2.50. The molecule has 1 fully saturated rings. The highest BCUT2D eigenvalue weighted by Gasteiger charge is 2.23. The van der Waals surface area contributed by atoms with Gasteiger partial charge in [0, 0.05) is 32.2 Å². The van der Waals surface area contributed by atoms with Gasteiger partial charge in [-0.25, -0.2) is 0 Å². The van der Waals surface area contributed by atoms with E-state index in [1.165, 1.54) is 5.56 Å². The minimum Gasteiger partial charge on any atom is -0.379 e. The molecule has 0 spiro atoms. The third kappa shape index (κ3) is 4.82. The molecule has 0 aliphatic carbocycles. The molecule has 21 heavy (non-hydrogen) atoms. The number of nitrogens with zero attached hydrogens (tertiary/aromatic N) is 2. The van der Waals surface area contributed by atoms with Gasteiger partial charge in [-0.3, -0.25) is 4.90 Å². The fourth-order valence-electron chi connectivity index (χ4n) is 2.76. The molecule has 1 saturated heterocycles. The first-order valence-corrected chi connectivity index (χ1v) is 7.72. The van der Waals surface area contributed by atoms with Crippen molar-refractivity contribution < 1.29 is 4.74 Å². The van der Waals surface area contributed by atoms with E-state index in [2.05, 4.69) is 30.1 Å². The average molecular weight is 287 g/mol. The zero-order valence-electron chi connectivity index (χ0n) is 13.0. The number of ether oxygens (including phenoxy) is 1. The van der Waals surface area contributed by atoms with Gasteiger partial charge in [0.05, 0.1) is 24.8 Å². The second-order valence-corrected chi connectivity index (χ2v) is 5.90. The maximum Gasteiger partial charge on any atom is 0.0991 e. The van der Waals surface area contributed by atoms with Gasteiger partial charge in [0.2, 0.25) is 0 Å². The van der Waals surface area contributed by atoms with Crippen LogP contribution in [0, 0.1) is 17.2 Å². The summed E-state index contributed by atoms with van der Waals surface area (Å²) in [6, 6.07) is 10.5. The lowest BCUT2D eigenvalue weighted by Gasteiger charge is -2.37. The van der Waals surface area contributed by atoms with Gasteiger partial charge in [0.15, 0.2) is 0 Å². The number of benzene rings is 1. The Morgan fingerprint density at radius 2 is 1.90 bits per heavy atom. The molecule has 1 aliphatic rings. The molecular weight excluding hydrogens is 262 g/mol. The summed E-state index contributed by atoms with van der Waals surface area (Å²) in [5.41, 5.74) is 1.94. The molecule has 1 heterocycles. The zero-order chi connectivity index (χ0) is 15.1. The number of hydrogen-bond acceptors (Lipinski definition) is 4. The number of hydrogen-bond donors (Lipinski definition) is 1. The molecule has 0 radical (unpaired) electrons. The Labute approximate surface area is 127 Å². The molecule has 1 unspecified atom stereocenters. The fraction of sp³-hybridized carbons (Fsp3) is 0.588. The van der Waals surface area contributed by atoms with Crippen molar-refractivity contribution in [1.29, 1.82) is 5.26 Å². The summed E-state index contributed by atoms with van der Waals surface area (Å²) in [6.07, 6.45) is 0. The van der Waals surface area contributed by atoms with Crippen LogP contribution in [0.3, 0.4) is 0 Å². The summed E-state index contributed by atoms with van der Waals surface area (Å²) in [4.78, 5) is 2.53. The summed E-state index contributed by atoms with van der Waals surface area (Å²) in [5, 5.41) is 12.4. The summed E-state index contributed by atoms with van der Waals surface area (Å²) in [7, 11) is 0. The van der Waals surface area contributed by atoms with Crippen molar-refractivity contribution in [3.8, 4) is 6.07 Å². The number of rotatable bonds is 6. The van der Waals surface area contributed by atoms with E-state index in [4.69, 9.17) is 10.00 Å². The van der Waals surface area contributed by atoms with E-state index in [-0.39, 0.29) is 0 Å². The molecule has 1 aliphatic heterocycles. The third-order valence-electron chi connectivity index (χ3n) is 4.05. The van der Waals surface area contributed by atoms with Crippen LogP contribution < -0.4 is 5.32 Å². The number of nitrogens with one attached hydrogen (secondary N) is 1. The van der Waals surface area contributed by atoms with Crippen molar-refractivity contribution in [2.24, 2.45) is 5.92 Å². The van der Waals surface area contributed by atoms with Crippen LogP contribution in [0.2, 0.25) is 0 Å². The van der Waals surface area contributed by atoms with Crippen LogP contribution in [0.5, 0.6) is 0 Å². The highest BCUT2D eigenvalue weighted by molar-refractivity contribution is 5.31. The van der Waals surface area contributed by atoms with Gasteiger partial charge in [0.25, 0.3) is 0 Å². The van der Waals surface area contributed by atoms with Crippen LogP contribution in [0.4, 0.5) is 0 Å². The maximum absolute atomic E-state index is 8.80. The van der Waals surface area contributed by atoms with Crippen LogP contribution in [0.15, 0.2) is 24.3 Å². The fourth-order valence-corrected chi connectivity index (χ4v) is 2.76. The summed E-state index contributed by atoms with van der Waals surface area (Å²) >= 11 is 0. The Hall–Kier alpha value is -1.41. The lowest BCUT2D eigenvalue weighted by molar-refractivity contribution is 0.00648. The second-order valence-electron chi connectivity index (χ2n) is 5.90. The van der Waals surface area contributed by atoms with Crippen molar-refractivity contribution in [2.45, 2.75) is 26.4 Å². The topological polar surface area (TPSA) is 48.3 Å². The molecule has 0 amide bonds. The molecule has 1 N–H and O–H groups in total. The molecule has 4 nitrogen and oxygen atoms in total. The molecular formula is C17H25N3O. The van der Waals surface area contributed by atoms with Crippen molar-refractivity contribution in [3.05, 3.63) is 35.4 Å². The van der Waals surface area contributed by atoms with E-state index in [1.807, 2.05) is 24.3 Å². The van der Waals surface area contributed by atoms with E-state index < -0.39 is 0 Å². The zero-order valence-corrected chi connectivity index (χ0v) is 13.0. The van der Waals surface area contributed by atoms with Crippen LogP contribution >= 0.6 is 0 Å². The molecule has 1 atom stereocenters. The molecule has 2 rings (SSSR count). The van der Waals surface area contributed by atoms with Crippen LogP contribution in [0.25, 0.3) is 0 Å². The van der Waals surface area contributed by atoms with E-state index in [0.29, 0.717) is 17.5 Å². The van der Waals surface area contributed by atoms with Crippen molar-refractivity contribution in [2.75, 3.05) is 32.8 Å². The first-order valence-electron chi connectivity index (χ1n) is 7.72. The smallest absolute Gasteiger partial charge is 0.0991 e. The molecule has 4 heteroatoms. The number of morpholine rings is 1. The average Bonchev–Trinajstić information content (AvgIpc) is 2.52. The highest BCUT2D eigenvalue weighted by Crippen LogP contribution is 2.12. The van der Waals surface area contributed by atoms with Crippen molar-refractivity contribution >= 4 is 0 Å². The van der Waals surface area contributed by atoms with Gasteiger partial charge < -0.3 is 10.1 Å². The summed E-state index contributed by atoms with van der Waals surface area (Å²) in [6.45, 7) is 10.1. The predicted molar refractivity (Wildman–Crippen MR) is 83.9 cm³/mol. The first-order chi connectivity index (χ1) is 10.2. The maximum atomic E-state index is 8.80. The van der Waals surface area contributed by atoms with Crippen LogP contribution in [-0.2, 0) is 11.3 Å². The van der Waals surface area contributed by atoms with Gasteiger partial charge in [-0.15, -0.1) is 0 Å². The van der Waals surface area contributed by atoms with Crippen molar-refractivity contribution in [3.63, 3.8) is 0 Å². The minimum atomic E-state index is 0.548. The standard InChI is InChI=1S/C17H25N3O/c1-14(2)17(20-7-9-21-10-8-20)13-19-12-16-5-3-15(11-18)4-6-16/h3-6,14,17,19H,7-10,12-13H2,1-2H3. The molecule has 1 aromatic rings. The quantitative estimate of drug-likeness (QED) is 0.869. The first kappa shape index (κ1) is 16.0.